The predicted molar refractivity (Wildman–Crippen MR) is 113 cm³/mol. The first-order valence-electron chi connectivity index (χ1n) is 9.52. The van der Waals surface area contributed by atoms with Crippen LogP contribution in [0.5, 0.6) is 11.5 Å². The van der Waals surface area contributed by atoms with Crippen LogP contribution in [-0.4, -0.2) is 55.0 Å². The second-order valence-corrected chi connectivity index (χ2v) is 7.83. The highest BCUT2D eigenvalue weighted by Gasteiger charge is 2.33. The number of nitrogens with zero attached hydrogens (tertiary/aromatic N) is 2. The topological polar surface area (TPSA) is 59.1 Å². The van der Waals surface area contributed by atoms with Gasteiger partial charge in [0.2, 0.25) is 11.8 Å². The van der Waals surface area contributed by atoms with E-state index in [-0.39, 0.29) is 24.4 Å². The van der Waals surface area contributed by atoms with Gasteiger partial charge in [-0.3, -0.25) is 9.59 Å². The maximum atomic E-state index is 13.1. The van der Waals surface area contributed by atoms with Crippen LogP contribution >= 0.6 is 11.3 Å². The lowest BCUT2D eigenvalue weighted by Gasteiger charge is -2.37. The number of ether oxygens (including phenoxy) is 2. The average Bonchev–Trinajstić information content (AvgIpc) is 3.20. The Bertz CT molecular complexity index is 879. The molecule has 0 bridgehead atoms. The van der Waals surface area contributed by atoms with E-state index in [1.54, 1.807) is 24.5 Å². The predicted octanol–water partition coefficient (Wildman–Crippen LogP) is 3.30. The Balaban J connectivity index is 1.77. The summed E-state index contributed by atoms with van der Waals surface area (Å²) in [5.74, 6) is 1.18. The molecule has 0 radical (unpaired) electrons. The summed E-state index contributed by atoms with van der Waals surface area (Å²) in [5, 5.41) is 2.05. The van der Waals surface area contributed by atoms with Crippen molar-refractivity contribution in [3.05, 3.63) is 58.8 Å². The molecule has 0 saturated carbocycles. The molecule has 0 fully saturated rings. The molecule has 154 valence electrons. The van der Waals surface area contributed by atoms with Crippen LogP contribution in [0.1, 0.15) is 23.4 Å². The van der Waals surface area contributed by atoms with E-state index in [0.29, 0.717) is 25.4 Å². The van der Waals surface area contributed by atoms with Crippen LogP contribution in [0.3, 0.4) is 0 Å². The maximum Gasteiger partial charge on any atom is 0.242 e. The molecule has 0 spiro atoms. The summed E-state index contributed by atoms with van der Waals surface area (Å²) in [5.41, 5.74) is 1.12. The Morgan fingerprint density at radius 3 is 2.86 bits per heavy atom. The van der Waals surface area contributed by atoms with Gasteiger partial charge in [0.1, 0.15) is 24.7 Å². The summed E-state index contributed by atoms with van der Waals surface area (Å²) in [6.07, 6.45) is 2.45. The van der Waals surface area contributed by atoms with Crippen molar-refractivity contribution in [2.45, 2.75) is 19.4 Å². The van der Waals surface area contributed by atoms with Crippen LogP contribution in [0.15, 0.2) is 48.4 Å². The zero-order chi connectivity index (χ0) is 20.8. The second kappa shape index (κ2) is 9.60. The van der Waals surface area contributed by atoms with Gasteiger partial charge < -0.3 is 19.3 Å². The standard InChI is InChI=1S/C22H26N2O4S/c1-4-10-23(16(2)25)14-22(26)24-11-8-21-19(9-12-29-21)20(24)15-28-18-7-5-6-17(13-18)27-3/h4-7,9,12-13,20H,1,8,10-11,14-15H2,2-3H3. The van der Waals surface area contributed by atoms with Gasteiger partial charge in [0, 0.05) is 31.0 Å². The quantitative estimate of drug-likeness (QED) is 0.622. The van der Waals surface area contributed by atoms with Crippen LogP contribution in [0.25, 0.3) is 0 Å². The van der Waals surface area contributed by atoms with E-state index in [0.717, 1.165) is 17.7 Å². The lowest BCUT2D eigenvalue weighted by atomic mass is 10.0. The van der Waals surface area contributed by atoms with Crippen LogP contribution < -0.4 is 9.47 Å². The molecule has 1 aliphatic rings. The first kappa shape index (κ1) is 20.9. The zero-order valence-electron chi connectivity index (χ0n) is 16.8. The van der Waals surface area contributed by atoms with E-state index in [9.17, 15) is 9.59 Å². The van der Waals surface area contributed by atoms with E-state index in [1.807, 2.05) is 29.2 Å². The van der Waals surface area contributed by atoms with E-state index >= 15 is 0 Å². The molecule has 0 N–H and O–H groups in total. The van der Waals surface area contributed by atoms with Gasteiger partial charge in [-0.05, 0) is 35.6 Å². The lowest BCUT2D eigenvalue weighted by Crippen LogP contribution is -2.47. The molecule has 7 heteroatoms. The van der Waals surface area contributed by atoms with Crippen LogP contribution in [-0.2, 0) is 16.0 Å². The van der Waals surface area contributed by atoms with Gasteiger partial charge in [0.15, 0.2) is 0 Å². The Kier molecular flexibility index (Phi) is 6.93. The van der Waals surface area contributed by atoms with Crippen molar-refractivity contribution in [1.82, 2.24) is 9.80 Å². The summed E-state index contributed by atoms with van der Waals surface area (Å²) in [7, 11) is 1.61. The first-order valence-corrected chi connectivity index (χ1v) is 10.4. The number of thiophene rings is 1. The number of hydrogen-bond donors (Lipinski definition) is 0. The number of amides is 2. The molecular weight excluding hydrogens is 388 g/mol. The lowest BCUT2D eigenvalue weighted by molar-refractivity contribution is -0.141. The summed E-state index contributed by atoms with van der Waals surface area (Å²) in [6, 6.07) is 9.29. The van der Waals surface area contributed by atoms with Gasteiger partial charge >= 0.3 is 0 Å². The summed E-state index contributed by atoms with van der Waals surface area (Å²) >= 11 is 1.71. The van der Waals surface area contributed by atoms with Gasteiger partial charge in [0.05, 0.1) is 13.2 Å². The number of carbonyl (C=O) groups is 2. The minimum absolute atomic E-state index is 0.0382. The third kappa shape index (κ3) is 4.98. The molecule has 2 heterocycles. The number of methoxy groups -OCH3 is 1. The van der Waals surface area contributed by atoms with Crippen molar-refractivity contribution < 1.29 is 19.1 Å². The first-order chi connectivity index (χ1) is 14.0. The van der Waals surface area contributed by atoms with Crippen molar-refractivity contribution in [2.75, 3.05) is 33.4 Å². The molecule has 2 aromatic rings. The smallest absolute Gasteiger partial charge is 0.242 e. The Morgan fingerprint density at radius 1 is 1.34 bits per heavy atom. The van der Waals surface area contributed by atoms with E-state index in [2.05, 4.69) is 18.0 Å². The number of benzene rings is 1. The Hall–Kier alpha value is -2.80. The number of fused-ring (bicyclic) bond motifs is 1. The summed E-state index contributed by atoms with van der Waals surface area (Å²) in [6.45, 7) is 6.47. The van der Waals surface area contributed by atoms with Gasteiger partial charge in [-0.15, -0.1) is 17.9 Å². The normalized spacial score (nSPS) is 15.4. The van der Waals surface area contributed by atoms with E-state index in [4.69, 9.17) is 9.47 Å². The second-order valence-electron chi connectivity index (χ2n) is 6.83. The van der Waals surface area contributed by atoms with Gasteiger partial charge in [-0.25, -0.2) is 0 Å². The number of rotatable bonds is 8. The number of hydrogen-bond acceptors (Lipinski definition) is 5. The molecule has 1 aromatic carbocycles. The third-order valence-electron chi connectivity index (χ3n) is 4.99. The molecule has 1 atom stereocenters. The molecule has 0 saturated heterocycles. The third-order valence-corrected chi connectivity index (χ3v) is 5.98. The molecular formula is C22H26N2O4S. The summed E-state index contributed by atoms with van der Waals surface area (Å²) < 4.78 is 11.3. The molecule has 0 aliphatic carbocycles. The van der Waals surface area contributed by atoms with Crippen molar-refractivity contribution >= 4 is 23.2 Å². The highest BCUT2D eigenvalue weighted by Crippen LogP contribution is 2.34. The van der Waals surface area contributed by atoms with Gasteiger partial charge in [-0.2, -0.15) is 0 Å². The fourth-order valence-electron chi connectivity index (χ4n) is 3.46. The Morgan fingerprint density at radius 2 is 2.14 bits per heavy atom. The Labute approximate surface area is 175 Å². The molecule has 6 nitrogen and oxygen atoms in total. The van der Waals surface area contributed by atoms with Gasteiger partial charge in [-0.1, -0.05) is 12.1 Å². The average molecular weight is 415 g/mol. The van der Waals surface area contributed by atoms with Crippen molar-refractivity contribution in [1.29, 1.82) is 0 Å². The SMILES string of the molecule is C=CCN(CC(=O)N1CCc2sccc2C1COc1cccc(OC)c1)C(C)=O. The largest absolute Gasteiger partial charge is 0.497 e. The monoisotopic (exact) mass is 414 g/mol. The van der Waals surface area contributed by atoms with Crippen molar-refractivity contribution in [2.24, 2.45) is 0 Å². The van der Waals surface area contributed by atoms with Crippen LogP contribution in [0.4, 0.5) is 0 Å². The molecule has 2 amide bonds. The molecule has 1 aliphatic heterocycles. The van der Waals surface area contributed by atoms with E-state index < -0.39 is 0 Å². The van der Waals surface area contributed by atoms with Gasteiger partial charge in [0.25, 0.3) is 0 Å². The van der Waals surface area contributed by atoms with Crippen LogP contribution in [0, 0.1) is 0 Å². The minimum atomic E-state index is -0.193. The summed E-state index contributed by atoms with van der Waals surface area (Å²) in [4.78, 5) is 29.5. The molecule has 1 unspecified atom stereocenters. The van der Waals surface area contributed by atoms with Crippen molar-refractivity contribution in [3.8, 4) is 11.5 Å². The molecule has 1 aromatic heterocycles. The van der Waals surface area contributed by atoms with E-state index in [1.165, 1.54) is 16.7 Å². The highest BCUT2D eigenvalue weighted by atomic mass is 32.1. The minimum Gasteiger partial charge on any atom is -0.497 e. The highest BCUT2D eigenvalue weighted by molar-refractivity contribution is 7.10. The van der Waals surface area contributed by atoms with Crippen molar-refractivity contribution in [3.63, 3.8) is 0 Å². The fraction of sp³-hybridized carbons (Fsp3) is 0.364. The zero-order valence-corrected chi connectivity index (χ0v) is 17.6. The fourth-order valence-corrected chi connectivity index (χ4v) is 4.38. The molecule has 3 rings (SSSR count). The maximum absolute atomic E-state index is 13.1. The molecule has 29 heavy (non-hydrogen) atoms. The van der Waals surface area contributed by atoms with Crippen LogP contribution in [0.2, 0.25) is 0 Å². The number of carbonyl (C=O) groups excluding carboxylic acids is 2.